The van der Waals surface area contributed by atoms with Gasteiger partial charge in [0.05, 0.1) is 18.8 Å². The van der Waals surface area contributed by atoms with Gasteiger partial charge in [0.1, 0.15) is 5.75 Å². The highest BCUT2D eigenvalue weighted by Gasteiger charge is 2.43. The van der Waals surface area contributed by atoms with Gasteiger partial charge >= 0.3 is 5.97 Å². The molecule has 1 aromatic carbocycles. The van der Waals surface area contributed by atoms with Crippen molar-refractivity contribution in [3.8, 4) is 5.75 Å². The van der Waals surface area contributed by atoms with Crippen molar-refractivity contribution in [2.45, 2.75) is 59.8 Å². The van der Waals surface area contributed by atoms with Gasteiger partial charge in [-0.15, -0.1) is 0 Å². The van der Waals surface area contributed by atoms with E-state index in [1.165, 1.54) is 0 Å². The van der Waals surface area contributed by atoms with E-state index in [9.17, 15) is 9.59 Å². The summed E-state index contributed by atoms with van der Waals surface area (Å²) in [6.45, 7) is 10.9. The molecule has 1 aliphatic carbocycles. The molecule has 1 heterocycles. The van der Waals surface area contributed by atoms with Crippen LogP contribution < -0.4 is 10.1 Å². The Kier molecular flexibility index (Phi) is 6.15. The van der Waals surface area contributed by atoms with E-state index in [0.717, 1.165) is 35.5 Å². The summed E-state index contributed by atoms with van der Waals surface area (Å²) in [4.78, 5) is 26.1. The number of carbonyl (C=O) groups is 2. The SMILES string of the molecule is CCCOC(=O)C1=C(C)NC2=C(C(=O)CC(C)(C)C2)[C@@H]1c1ccc(OCC)cc1. The number of hydrogen-bond acceptors (Lipinski definition) is 5. The van der Waals surface area contributed by atoms with Crippen molar-refractivity contribution < 1.29 is 19.1 Å². The molecule has 1 atom stereocenters. The minimum absolute atomic E-state index is 0.0935. The Morgan fingerprint density at radius 2 is 1.86 bits per heavy atom. The van der Waals surface area contributed by atoms with Crippen molar-refractivity contribution in [1.29, 1.82) is 0 Å². The van der Waals surface area contributed by atoms with Crippen LogP contribution in [0, 0.1) is 5.41 Å². The van der Waals surface area contributed by atoms with Gasteiger partial charge in [-0.1, -0.05) is 32.9 Å². The summed E-state index contributed by atoms with van der Waals surface area (Å²) in [5, 5.41) is 3.36. The van der Waals surface area contributed by atoms with Gasteiger partial charge in [0, 0.05) is 29.3 Å². The second-order valence-corrected chi connectivity index (χ2v) is 8.57. The van der Waals surface area contributed by atoms with Gasteiger partial charge in [-0.2, -0.15) is 0 Å². The fraction of sp³-hybridized carbons (Fsp3) is 0.500. The van der Waals surface area contributed by atoms with E-state index >= 15 is 0 Å². The molecule has 3 rings (SSSR count). The summed E-state index contributed by atoms with van der Waals surface area (Å²) < 4.78 is 11.0. The quantitative estimate of drug-likeness (QED) is 0.708. The highest BCUT2D eigenvalue weighted by Crippen LogP contribution is 2.46. The lowest BCUT2D eigenvalue weighted by atomic mass is 9.68. The topological polar surface area (TPSA) is 64.6 Å². The number of esters is 1. The molecule has 156 valence electrons. The highest BCUT2D eigenvalue weighted by molar-refractivity contribution is 6.04. The predicted molar refractivity (Wildman–Crippen MR) is 112 cm³/mol. The van der Waals surface area contributed by atoms with Crippen LogP contribution in [0.1, 0.15) is 65.4 Å². The van der Waals surface area contributed by atoms with Gasteiger partial charge in [-0.25, -0.2) is 4.79 Å². The lowest BCUT2D eigenvalue weighted by molar-refractivity contribution is -0.139. The third kappa shape index (κ3) is 4.39. The maximum Gasteiger partial charge on any atom is 0.336 e. The molecule has 0 radical (unpaired) electrons. The van der Waals surface area contributed by atoms with E-state index in [-0.39, 0.29) is 17.2 Å². The summed E-state index contributed by atoms with van der Waals surface area (Å²) in [6, 6.07) is 7.67. The van der Waals surface area contributed by atoms with Crippen LogP contribution in [0.3, 0.4) is 0 Å². The average molecular weight is 398 g/mol. The van der Waals surface area contributed by atoms with Crippen LogP contribution in [0.5, 0.6) is 5.75 Å². The first-order valence-corrected chi connectivity index (χ1v) is 10.4. The van der Waals surface area contributed by atoms with E-state index in [1.54, 1.807) is 0 Å². The molecular formula is C24H31NO4. The first kappa shape index (κ1) is 21.2. The van der Waals surface area contributed by atoms with Gasteiger partial charge in [-0.05, 0) is 49.8 Å². The van der Waals surface area contributed by atoms with E-state index in [1.807, 2.05) is 45.0 Å². The second kappa shape index (κ2) is 8.44. The first-order chi connectivity index (χ1) is 13.8. The van der Waals surface area contributed by atoms with E-state index in [4.69, 9.17) is 9.47 Å². The Labute approximate surface area is 173 Å². The highest BCUT2D eigenvalue weighted by atomic mass is 16.5. The minimum Gasteiger partial charge on any atom is -0.494 e. The molecule has 5 heteroatoms. The number of nitrogens with one attached hydrogen (secondary N) is 1. The zero-order valence-corrected chi connectivity index (χ0v) is 18.1. The standard InChI is InChI=1S/C24H31NO4/c1-6-12-29-23(27)20-15(3)25-18-13-24(4,5)14-19(26)22(18)21(20)16-8-10-17(11-9-16)28-7-2/h8-11,21,25H,6-7,12-14H2,1-5H3/t21-/m1/s1. The van der Waals surface area contributed by atoms with E-state index in [0.29, 0.717) is 30.8 Å². The number of ketones is 1. The number of dihydropyridines is 1. The molecule has 1 aliphatic heterocycles. The molecule has 0 spiro atoms. The average Bonchev–Trinajstić information content (AvgIpc) is 2.65. The Hall–Kier alpha value is -2.56. The van der Waals surface area contributed by atoms with Crippen molar-refractivity contribution in [1.82, 2.24) is 5.32 Å². The Bertz CT molecular complexity index is 861. The molecule has 1 N–H and O–H groups in total. The third-order valence-electron chi connectivity index (χ3n) is 5.42. The summed E-state index contributed by atoms with van der Waals surface area (Å²) >= 11 is 0. The molecule has 29 heavy (non-hydrogen) atoms. The Balaban J connectivity index is 2.09. The smallest absolute Gasteiger partial charge is 0.336 e. The number of benzene rings is 1. The molecule has 1 aromatic rings. The lowest BCUT2D eigenvalue weighted by Crippen LogP contribution is -2.38. The van der Waals surface area contributed by atoms with Crippen molar-refractivity contribution >= 4 is 11.8 Å². The van der Waals surface area contributed by atoms with Crippen molar-refractivity contribution in [2.75, 3.05) is 13.2 Å². The maximum absolute atomic E-state index is 13.2. The van der Waals surface area contributed by atoms with Crippen LogP contribution in [0.15, 0.2) is 46.8 Å². The van der Waals surface area contributed by atoms with Crippen LogP contribution in [-0.2, 0) is 14.3 Å². The Morgan fingerprint density at radius 3 is 2.48 bits per heavy atom. The zero-order chi connectivity index (χ0) is 21.2. The molecule has 0 bridgehead atoms. The molecule has 5 nitrogen and oxygen atoms in total. The van der Waals surface area contributed by atoms with Crippen LogP contribution >= 0.6 is 0 Å². The monoisotopic (exact) mass is 397 g/mol. The largest absolute Gasteiger partial charge is 0.494 e. The van der Waals surface area contributed by atoms with Gasteiger partial charge < -0.3 is 14.8 Å². The zero-order valence-electron chi connectivity index (χ0n) is 18.1. The minimum atomic E-state index is -0.421. The number of Topliss-reactive ketones (excluding diaryl/α,β-unsaturated/α-hetero) is 1. The molecule has 0 fully saturated rings. The summed E-state index contributed by atoms with van der Waals surface area (Å²) in [5.41, 5.74) is 3.70. The lowest BCUT2D eigenvalue weighted by Gasteiger charge is -2.39. The van der Waals surface area contributed by atoms with Crippen LogP contribution in [0.4, 0.5) is 0 Å². The van der Waals surface area contributed by atoms with Crippen LogP contribution in [-0.4, -0.2) is 25.0 Å². The summed E-state index contributed by atoms with van der Waals surface area (Å²) in [5.74, 6) is 0.0806. The summed E-state index contributed by atoms with van der Waals surface area (Å²) in [6.07, 6.45) is 1.99. The third-order valence-corrected chi connectivity index (χ3v) is 5.42. The predicted octanol–water partition coefficient (Wildman–Crippen LogP) is 4.64. The number of carbonyl (C=O) groups excluding carboxylic acids is 2. The van der Waals surface area contributed by atoms with Gasteiger partial charge in [0.25, 0.3) is 0 Å². The van der Waals surface area contributed by atoms with Crippen molar-refractivity contribution in [3.05, 3.63) is 52.4 Å². The first-order valence-electron chi connectivity index (χ1n) is 10.4. The number of allylic oxidation sites excluding steroid dienone is 3. The maximum atomic E-state index is 13.2. The van der Waals surface area contributed by atoms with Gasteiger partial charge in [0.15, 0.2) is 5.78 Å². The van der Waals surface area contributed by atoms with Crippen molar-refractivity contribution in [2.24, 2.45) is 5.41 Å². The molecule has 0 unspecified atom stereocenters. The van der Waals surface area contributed by atoms with Gasteiger partial charge in [-0.3, -0.25) is 4.79 Å². The Morgan fingerprint density at radius 1 is 1.17 bits per heavy atom. The normalized spacial score (nSPS) is 20.9. The van der Waals surface area contributed by atoms with E-state index < -0.39 is 5.92 Å². The number of hydrogen-bond donors (Lipinski definition) is 1. The number of ether oxygens (including phenoxy) is 2. The molecule has 0 saturated carbocycles. The fourth-order valence-electron chi connectivity index (χ4n) is 4.24. The van der Waals surface area contributed by atoms with Gasteiger partial charge in [0.2, 0.25) is 0 Å². The molecule has 0 aromatic heterocycles. The molecular weight excluding hydrogens is 366 g/mol. The van der Waals surface area contributed by atoms with Crippen LogP contribution in [0.25, 0.3) is 0 Å². The number of rotatable bonds is 6. The van der Waals surface area contributed by atoms with Crippen LogP contribution in [0.2, 0.25) is 0 Å². The summed E-state index contributed by atoms with van der Waals surface area (Å²) in [7, 11) is 0. The second-order valence-electron chi connectivity index (χ2n) is 8.57. The molecule has 0 amide bonds. The molecule has 0 saturated heterocycles. The molecule has 2 aliphatic rings. The fourth-order valence-corrected chi connectivity index (χ4v) is 4.24. The van der Waals surface area contributed by atoms with Crippen molar-refractivity contribution in [3.63, 3.8) is 0 Å². The van der Waals surface area contributed by atoms with E-state index in [2.05, 4.69) is 19.2 Å².